The molecule has 0 aliphatic carbocycles. The Morgan fingerprint density at radius 1 is 0.679 bits per heavy atom. The molecule has 0 fully saturated rings. The van der Waals surface area contributed by atoms with Gasteiger partial charge in [0.1, 0.15) is 11.6 Å². The van der Waals surface area contributed by atoms with E-state index in [1.807, 2.05) is 30.3 Å². The molecule has 4 rings (SSSR count). The SMILES string of the molecule is O=C1C(Sc2ccccc2)=C(c2ccc(F)cc2)C(=O)N1c1ccc(F)cc1. The number of amides is 2. The lowest BCUT2D eigenvalue weighted by Crippen LogP contribution is -2.31. The minimum Gasteiger partial charge on any atom is -0.268 e. The van der Waals surface area contributed by atoms with Gasteiger partial charge in [-0.15, -0.1) is 0 Å². The summed E-state index contributed by atoms with van der Waals surface area (Å²) in [7, 11) is 0. The largest absolute Gasteiger partial charge is 0.272 e. The molecular weight excluding hydrogens is 380 g/mol. The van der Waals surface area contributed by atoms with E-state index in [0.29, 0.717) is 5.56 Å². The monoisotopic (exact) mass is 393 g/mol. The number of halogens is 2. The van der Waals surface area contributed by atoms with Gasteiger partial charge in [0.05, 0.1) is 16.2 Å². The topological polar surface area (TPSA) is 37.4 Å². The van der Waals surface area contributed by atoms with Gasteiger partial charge in [-0.1, -0.05) is 42.1 Å². The molecule has 3 aromatic rings. The summed E-state index contributed by atoms with van der Waals surface area (Å²) < 4.78 is 26.6. The molecule has 0 radical (unpaired) electrons. The fraction of sp³-hybridized carbons (Fsp3) is 0. The number of nitrogens with zero attached hydrogens (tertiary/aromatic N) is 1. The number of hydrogen-bond donors (Lipinski definition) is 0. The predicted molar refractivity (Wildman–Crippen MR) is 105 cm³/mol. The van der Waals surface area contributed by atoms with Crippen LogP contribution < -0.4 is 4.90 Å². The molecule has 0 bridgehead atoms. The van der Waals surface area contributed by atoms with Crippen molar-refractivity contribution >= 4 is 34.8 Å². The molecule has 0 aromatic heterocycles. The fourth-order valence-corrected chi connectivity index (χ4v) is 3.92. The minimum absolute atomic E-state index is 0.197. The average Bonchev–Trinajstić information content (AvgIpc) is 2.94. The fourth-order valence-electron chi connectivity index (χ4n) is 2.91. The van der Waals surface area contributed by atoms with Gasteiger partial charge in [0.25, 0.3) is 11.8 Å². The molecule has 0 unspecified atom stereocenters. The first-order chi connectivity index (χ1) is 13.5. The van der Waals surface area contributed by atoms with Crippen LogP contribution in [0.5, 0.6) is 0 Å². The first kappa shape index (κ1) is 18.1. The van der Waals surface area contributed by atoms with Crippen LogP contribution in [0.2, 0.25) is 0 Å². The smallest absolute Gasteiger partial charge is 0.268 e. The molecule has 1 heterocycles. The summed E-state index contributed by atoms with van der Waals surface area (Å²) in [6, 6.07) is 19.7. The van der Waals surface area contributed by atoms with E-state index in [9.17, 15) is 18.4 Å². The van der Waals surface area contributed by atoms with E-state index in [1.165, 1.54) is 60.3 Å². The molecule has 6 heteroatoms. The first-order valence-electron chi connectivity index (χ1n) is 8.42. The van der Waals surface area contributed by atoms with Crippen molar-refractivity contribution in [3.63, 3.8) is 0 Å². The van der Waals surface area contributed by atoms with Crippen LogP contribution in [0.15, 0.2) is 88.7 Å². The van der Waals surface area contributed by atoms with Crippen LogP contribution in [0.25, 0.3) is 5.57 Å². The van der Waals surface area contributed by atoms with Crippen LogP contribution in [0, 0.1) is 11.6 Å². The Hall–Kier alpha value is -3.25. The molecule has 0 saturated carbocycles. The number of thioether (sulfide) groups is 1. The Labute approximate surface area is 164 Å². The van der Waals surface area contributed by atoms with E-state index < -0.39 is 23.4 Å². The molecule has 3 aromatic carbocycles. The van der Waals surface area contributed by atoms with Gasteiger partial charge in [-0.25, -0.2) is 13.7 Å². The normalized spacial score (nSPS) is 14.1. The van der Waals surface area contributed by atoms with Gasteiger partial charge in [-0.3, -0.25) is 9.59 Å². The van der Waals surface area contributed by atoms with E-state index in [4.69, 9.17) is 0 Å². The van der Waals surface area contributed by atoms with Crippen LogP contribution in [-0.4, -0.2) is 11.8 Å². The van der Waals surface area contributed by atoms with Crippen LogP contribution in [0.3, 0.4) is 0 Å². The van der Waals surface area contributed by atoms with E-state index in [0.717, 1.165) is 9.80 Å². The Morgan fingerprint density at radius 3 is 1.86 bits per heavy atom. The third-order valence-electron chi connectivity index (χ3n) is 4.22. The quantitative estimate of drug-likeness (QED) is 0.583. The van der Waals surface area contributed by atoms with Crippen molar-refractivity contribution in [3.05, 3.63) is 101 Å². The van der Waals surface area contributed by atoms with Crippen molar-refractivity contribution in [2.24, 2.45) is 0 Å². The number of anilines is 1. The van der Waals surface area contributed by atoms with Crippen molar-refractivity contribution < 1.29 is 18.4 Å². The summed E-state index contributed by atoms with van der Waals surface area (Å²) in [4.78, 5) is 28.3. The molecule has 0 N–H and O–H groups in total. The van der Waals surface area contributed by atoms with Crippen LogP contribution in [-0.2, 0) is 9.59 Å². The summed E-state index contributed by atoms with van der Waals surface area (Å²) >= 11 is 1.17. The molecule has 3 nitrogen and oxygen atoms in total. The van der Waals surface area contributed by atoms with Crippen LogP contribution in [0.4, 0.5) is 14.5 Å². The molecule has 2 amide bonds. The highest BCUT2D eigenvalue weighted by Gasteiger charge is 2.40. The second-order valence-electron chi connectivity index (χ2n) is 6.05. The molecule has 0 atom stereocenters. The zero-order chi connectivity index (χ0) is 19.7. The number of benzene rings is 3. The summed E-state index contributed by atoms with van der Waals surface area (Å²) in [5, 5.41) is 0. The Bertz CT molecular complexity index is 1080. The molecule has 1 aliphatic heterocycles. The van der Waals surface area contributed by atoms with Crippen LogP contribution >= 0.6 is 11.8 Å². The van der Waals surface area contributed by atoms with Crippen molar-refractivity contribution in [2.45, 2.75) is 4.90 Å². The van der Waals surface area contributed by atoms with Crippen molar-refractivity contribution in [3.8, 4) is 0 Å². The molecular formula is C22H13F2NO2S. The van der Waals surface area contributed by atoms with Gasteiger partial charge >= 0.3 is 0 Å². The van der Waals surface area contributed by atoms with E-state index in [-0.39, 0.29) is 16.2 Å². The Morgan fingerprint density at radius 2 is 1.25 bits per heavy atom. The highest BCUT2D eigenvalue weighted by atomic mass is 32.2. The van der Waals surface area contributed by atoms with Crippen molar-refractivity contribution in [2.75, 3.05) is 4.90 Å². The highest BCUT2D eigenvalue weighted by Crippen LogP contribution is 2.41. The van der Waals surface area contributed by atoms with Crippen molar-refractivity contribution in [1.29, 1.82) is 0 Å². The van der Waals surface area contributed by atoms with Crippen molar-refractivity contribution in [1.82, 2.24) is 0 Å². The maximum atomic E-state index is 13.4. The molecule has 1 aliphatic rings. The summed E-state index contributed by atoms with van der Waals surface area (Å²) in [5.41, 5.74) is 0.922. The number of carbonyl (C=O) groups excluding carboxylic acids is 2. The number of hydrogen-bond acceptors (Lipinski definition) is 3. The summed E-state index contributed by atoms with van der Waals surface area (Å²) in [5.74, 6) is -1.92. The molecule has 0 spiro atoms. The summed E-state index contributed by atoms with van der Waals surface area (Å²) in [6.45, 7) is 0. The molecule has 138 valence electrons. The lowest BCUT2D eigenvalue weighted by molar-refractivity contribution is -0.119. The zero-order valence-electron chi connectivity index (χ0n) is 14.4. The van der Waals surface area contributed by atoms with Gasteiger partial charge in [0.2, 0.25) is 0 Å². The third-order valence-corrected chi connectivity index (χ3v) is 5.31. The van der Waals surface area contributed by atoms with Gasteiger partial charge < -0.3 is 0 Å². The second-order valence-corrected chi connectivity index (χ2v) is 7.13. The predicted octanol–water partition coefficient (Wildman–Crippen LogP) is 5.04. The maximum Gasteiger partial charge on any atom is 0.272 e. The number of imide groups is 1. The average molecular weight is 393 g/mol. The zero-order valence-corrected chi connectivity index (χ0v) is 15.2. The molecule has 0 saturated heterocycles. The van der Waals surface area contributed by atoms with E-state index >= 15 is 0 Å². The van der Waals surface area contributed by atoms with Crippen LogP contribution in [0.1, 0.15) is 5.56 Å². The minimum atomic E-state index is -0.526. The lowest BCUT2D eigenvalue weighted by Gasteiger charge is -2.15. The number of rotatable bonds is 4. The van der Waals surface area contributed by atoms with E-state index in [2.05, 4.69) is 0 Å². The standard InChI is InChI=1S/C22H13F2NO2S/c23-15-8-6-14(7-9-15)19-20(28-18-4-2-1-3-5-18)22(27)25(21(19)26)17-12-10-16(24)11-13-17/h1-13H. The first-order valence-corrected chi connectivity index (χ1v) is 9.24. The lowest BCUT2D eigenvalue weighted by atomic mass is 10.1. The summed E-state index contributed by atoms with van der Waals surface area (Å²) in [6.07, 6.45) is 0. The van der Waals surface area contributed by atoms with Gasteiger partial charge in [-0.05, 0) is 54.1 Å². The van der Waals surface area contributed by atoms with E-state index in [1.54, 1.807) is 0 Å². The van der Waals surface area contributed by atoms with Gasteiger partial charge in [0.15, 0.2) is 0 Å². The Kier molecular flexibility index (Phi) is 4.79. The van der Waals surface area contributed by atoms with Gasteiger partial charge in [-0.2, -0.15) is 0 Å². The second kappa shape index (κ2) is 7.40. The highest BCUT2D eigenvalue weighted by molar-refractivity contribution is 8.04. The third kappa shape index (κ3) is 3.34. The number of carbonyl (C=O) groups is 2. The Balaban J connectivity index is 1.81. The van der Waals surface area contributed by atoms with Gasteiger partial charge in [0, 0.05) is 4.90 Å². The maximum absolute atomic E-state index is 13.4. The molecule has 28 heavy (non-hydrogen) atoms.